The van der Waals surface area contributed by atoms with Gasteiger partial charge < -0.3 is 28.7 Å². The average Bonchev–Trinajstić information content (AvgIpc) is 1.56. The van der Waals surface area contributed by atoms with Crippen LogP contribution in [0.5, 0.6) is 0 Å². The quantitative estimate of drug-likeness (QED) is 0.133. The van der Waals surface area contributed by atoms with E-state index in [9.17, 15) is 0 Å². The minimum atomic E-state index is -1.45. The lowest BCUT2D eigenvalue weighted by atomic mass is 9.80. The van der Waals surface area contributed by atoms with Gasteiger partial charge in [-0.1, -0.05) is 294 Å². The molecule has 572 valence electrons. The lowest BCUT2D eigenvalue weighted by Gasteiger charge is -2.29. The Morgan fingerprint density at radius 2 is 0.683 bits per heavy atom. The Balaban J connectivity index is 0.000000124. The number of para-hydroxylation sites is 2. The minimum Gasteiger partial charge on any atom is -0.456 e. The summed E-state index contributed by atoms with van der Waals surface area (Å²) in [6.45, 7) is 9.44. The van der Waals surface area contributed by atoms with Crippen molar-refractivity contribution in [2.75, 3.05) is 9.80 Å². The van der Waals surface area contributed by atoms with Crippen LogP contribution in [0.4, 0.5) is 34.1 Å². The molecule has 4 heterocycles. The molecule has 4 aromatic heterocycles. The highest BCUT2D eigenvalue weighted by atomic mass is 35.5. The van der Waals surface area contributed by atoms with Crippen molar-refractivity contribution in [1.82, 2.24) is 0 Å². The summed E-state index contributed by atoms with van der Waals surface area (Å²) in [6, 6.07) is 135. The number of rotatable bonds is 10. The van der Waals surface area contributed by atoms with E-state index < -0.39 is 7.12 Å². The first kappa shape index (κ1) is 72.8. The molecule has 0 spiro atoms. The summed E-state index contributed by atoms with van der Waals surface area (Å²) in [5, 5.41) is 33.2. The molecule has 0 atom stereocenters. The van der Waals surface area contributed by atoms with Gasteiger partial charge in [0.05, 0.1) is 11.4 Å². The van der Waals surface area contributed by atoms with E-state index in [2.05, 4.69) is 353 Å². The molecule has 10 heteroatoms. The molecule has 0 amide bonds. The number of benzene rings is 18. The fourth-order valence-electron chi connectivity index (χ4n) is 18.9. The van der Waals surface area contributed by atoms with Gasteiger partial charge in [-0.2, -0.15) is 0 Å². The van der Waals surface area contributed by atoms with Crippen LogP contribution in [-0.2, 0) is 10.8 Å². The number of halogens is 1. The summed E-state index contributed by atoms with van der Waals surface area (Å²) in [5.41, 5.74) is 28.5. The van der Waals surface area contributed by atoms with E-state index in [-0.39, 0.29) is 10.8 Å². The first-order valence-electron chi connectivity index (χ1n) is 40.7. The Morgan fingerprint density at radius 1 is 0.283 bits per heavy atom. The summed E-state index contributed by atoms with van der Waals surface area (Å²) >= 11 is 10.2. The second-order valence-electron chi connectivity index (χ2n) is 32.5. The lowest BCUT2D eigenvalue weighted by Crippen LogP contribution is -2.29. The van der Waals surface area contributed by atoms with Gasteiger partial charge in [-0.05, 0) is 215 Å². The molecule has 0 unspecified atom stereocenters. The van der Waals surface area contributed by atoms with Crippen LogP contribution < -0.4 is 15.3 Å². The van der Waals surface area contributed by atoms with E-state index in [1.807, 2.05) is 65.1 Å². The number of hydrogen-bond donors (Lipinski definition) is 2. The predicted octanol–water partition coefficient (Wildman–Crippen LogP) is 30.8. The molecule has 2 aliphatic carbocycles. The van der Waals surface area contributed by atoms with Gasteiger partial charge in [-0.15, -0.1) is 22.7 Å². The number of fused-ring (bicyclic) bond motifs is 22. The maximum Gasteiger partial charge on any atom is 0.488 e. The Morgan fingerprint density at radius 3 is 1.21 bits per heavy atom. The van der Waals surface area contributed by atoms with Gasteiger partial charge in [-0.25, -0.2) is 0 Å². The van der Waals surface area contributed by atoms with E-state index in [0.717, 1.165) is 71.6 Å². The van der Waals surface area contributed by atoms with Crippen molar-refractivity contribution in [2.45, 2.75) is 38.5 Å². The highest BCUT2D eigenvalue weighted by Crippen LogP contribution is 2.56. The first-order valence-corrected chi connectivity index (χ1v) is 42.7. The fraction of sp³-hybridized carbons (Fsp3) is 0.0545. The van der Waals surface area contributed by atoms with Crippen molar-refractivity contribution in [3.05, 3.63) is 403 Å². The molecule has 24 rings (SSSR count). The van der Waals surface area contributed by atoms with Crippen molar-refractivity contribution >= 4 is 187 Å². The summed E-state index contributed by atoms with van der Waals surface area (Å²) in [7, 11) is -1.45. The number of furan rings is 2. The molecule has 2 aliphatic rings. The third-order valence-corrected chi connectivity index (χ3v) is 27.5. The first-order chi connectivity index (χ1) is 58.7. The molecular formula is C110H76BClN2O4S2. The van der Waals surface area contributed by atoms with Crippen LogP contribution in [0.1, 0.15) is 49.9 Å². The van der Waals surface area contributed by atoms with Crippen molar-refractivity contribution in [1.29, 1.82) is 0 Å². The normalized spacial score (nSPS) is 12.9. The van der Waals surface area contributed by atoms with Crippen molar-refractivity contribution in [2.24, 2.45) is 0 Å². The Kier molecular flexibility index (Phi) is 17.5. The van der Waals surface area contributed by atoms with Gasteiger partial charge in [0.2, 0.25) is 0 Å². The Hall–Kier alpha value is -13.6. The zero-order valence-corrected chi connectivity index (χ0v) is 68.6. The summed E-state index contributed by atoms with van der Waals surface area (Å²) in [6.07, 6.45) is 0. The van der Waals surface area contributed by atoms with E-state index in [1.54, 1.807) is 18.2 Å². The monoisotopic (exact) mass is 1600 g/mol. The Bertz CT molecular complexity index is 7890. The lowest BCUT2D eigenvalue weighted by molar-refractivity contribution is 0.426. The maximum atomic E-state index is 9.12. The van der Waals surface area contributed by atoms with Gasteiger partial charge >= 0.3 is 7.12 Å². The smallest absolute Gasteiger partial charge is 0.456 e. The molecule has 2 N–H and O–H groups in total. The third-order valence-electron chi connectivity index (χ3n) is 24.8. The molecule has 0 aliphatic heterocycles. The zero-order valence-electron chi connectivity index (χ0n) is 66.2. The van der Waals surface area contributed by atoms with E-state index in [0.29, 0.717) is 5.46 Å². The highest BCUT2D eigenvalue weighted by Gasteiger charge is 2.38. The molecule has 18 aromatic carbocycles. The molecule has 22 aromatic rings. The third kappa shape index (κ3) is 12.2. The number of thiophene rings is 2. The molecule has 0 saturated heterocycles. The van der Waals surface area contributed by atoms with Gasteiger partial charge in [0.25, 0.3) is 0 Å². The van der Waals surface area contributed by atoms with Crippen molar-refractivity contribution in [3.8, 4) is 55.6 Å². The second-order valence-corrected chi connectivity index (χ2v) is 35.1. The SMILES string of the molecule is CC1(C)c2ccccc2-c2ccc(N(c3cccc(-c4ccccc4)c3)c3cccc4ccc5c6cc(-c7ccc8oc9ccccc9c8c7)ccc6sc5c34)cc21.CC1(C)c2ccccc2-c2ccc(N(c3cccc(-c4ccccc4)c3)c3cccc4ccc5c6cc(Cl)ccc6sc5c34)cc21.OB(O)c1ccc2oc3ccccc3c2c1. The number of hydrogen-bond acceptors (Lipinski definition) is 8. The molecule has 120 heavy (non-hydrogen) atoms. The second kappa shape index (κ2) is 28.9. The van der Waals surface area contributed by atoms with Crippen LogP contribution in [0.2, 0.25) is 5.02 Å². The topological polar surface area (TPSA) is 73.2 Å². The maximum absolute atomic E-state index is 9.12. The summed E-state index contributed by atoms with van der Waals surface area (Å²) < 4.78 is 16.9. The molecule has 0 bridgehead atoms. The summed E-state index contributed by atoms with van der Waals surface area (Å²) in [4.78, 5) is 4.96. The van der Waals surface area contributed by atoms with E-state index in [1.165, 1.54) is 151 Å². The van der Waals surface area contributed by atoms with Gasteiger partial charge in [0.1, 0.15) is 22.3 Å². The fourth-order valence-corrected chi connectivity index (χ4v) is 21.6. The van der Waals surface area contributed by atoms with Crippen LogP contribution >= 0.6 is 34.3 Å². The van der Waals surface area contributed by atoms with Crippen LogP contribution in [0.3, 0.4) is 0 Å². The highest BCUT2D eigenvalue weighted by molar-refractivity contribution is 7.27. The van der Waals surface area contributed by atoms with Crippen molar-refractivity contribution < 1.29 is 18.9 Å². The molecular weight excluding hydrogens is 1520 g/mol. The van der Waals surface area contributed by atoms with E-state index in [4.69, 9.17) is 30.5 Å². The molecule has 0 fully saturated rings. The average molecular weight is 1600 g/mol. The molecule has 6 nitrogen and oxygen atoms in total. The van der Waals surface area contributed by atoms with Gasteiger partial charge in [0, 0.05) is 111 Å². The molecule has 0 saturated carbocycles. The van der Waals surface area contributed by atoms with Crippen molar-refractivity contribution in [3.63, 3.8) is 0 Å². The largest absolute Gasteiger partial charge is 0.488 e. The predicted molar refractivity (Wildman–Crippen MR) is 510 cm³/mol. The van der Waals surface area contributed by atoms with E-state index >= 15 is 0 Å². The Labute approximate surface area is 707 Å². The van der Waals surface area contributed by atoms with Crippen LogP contribution in [0.25, 0.3) is 161 Å². The van der Waals surface area contributed by atoms with Crippen LogP contribution in [0.15, 0.2) is 385 Å². The van der Waals surface area contributed by atoms with Gasteiger partial charge in [0.15, 0.2) is 0 Å². The minimum absolute atomic E-state index is 0.101. The summed E-state index contributed by atoms with van der Waals surface area (Å²) in [5.74, 6) is 0. The number of anilines is 6. The standard InChI is InChI=1S/C55H37NOS.C43H30ClNS.C12H9BO3/c1-55(2)47-19-8-6-17-41(47)42-27-25-40(33-48(42)55)56(39-16-10-15-36(30-39)34-12-4-3-5-13-34)49-20-11-14-35-22-26-44-46-32-38(24-29-52(46)58-54(44)53(35)49)37-23-28-51-45(31-37)43-18-7-9-21-50(43)57-51;1-43(2)37-16-7-6-15-33(37)34-22-20-32(26-38(34)43)45(31-14-8-13-29(24-31)27-10-4-3-5-11-27)39-17-9-12-28-18-21-35-36-25-30(44)19-23-40(36)46-42(35)41(28)39;14-13(15)8-5-6-12-10(7-8)9-3-1-2-4-11(9)16-12/h3-33H,1-2H3;3-26H,1-2H3;1-7,14-15H. The van der Waals surface area contributed by atoms with Crippen LogP contribution in [-0.4, -0.2) is 17.2 Å². The number of nitrogens with zero attached hydrogens (tertiary/aromatic N) is 2. The zero-order chi connectivity index (χ0) is 80.6. The molecule has 0 radical (unpaired) electrons. The van der Waals surface area contributed by atoms with Gasteiger partial charge in [-0.3, -0.25) is 0 Å². The van der Waals surface area contributed by atoms with Crippen LogP contribution in [0, 0.1) is 0 Å².